The molecule has 118 valence electrons. The summed E-state index contributed by atoms with van der Waals surface area (Å²) in [6, 6.07) is 3.55. The van der Waals surface area contributed by atoms with E-state index in [9.17, 15) is 13.2 Å². The molecule has 0 aliphatic rings. The van der Waals surface area contributed by atoms with Gasteiger partial charge in [0.15, 0.2) is 0 Å². The number of amides is 1. The molecule has 0 aliphatic heterocycles. The van der Waals surface area contributed by atoms with Gasteiger partial charge < -0.3 is 10.5 Å². The quantitative estimate of drug-likeness (QED) is 0.810. The summed E-state index contributed by atoms with van der Waals surface area (Å²) in [6.45, 7) is 6.57. The minimum Gasteiger partial charge on any atom is -0.382 e. The first-order chi connectivity index (χ1) is 9.53. The highest BCUT2D eigenvalue weighted by atomic mass is 32.2. The van der Waals surface area contributed by atoms with Crippen LogP contribution in [0.3, 0.4) is 0 Å². The average molecular weight is 314 g/mol. The minimum absolute atomic E-state index is 0.147. The topological polar surface area (TPSA) is 98.5 Å². The second-order valence-electron chi connectivity index (χ2n) is 5.46. The van der Waals surface area contributed by atoms with Crippen LogP contribution in [0, 0.1) is 20.8 Å². The maximum atomic E-state index is 12.6. The number of hydrogen-bond donors (Lipinski definition) is 2. The minimum atomic E-state index is -3.89. The Balaban J connectivity index is 3.33. The normalized spacial score (nSPS) is 14.7. The number of benzene rings is 1. The molecule has 1 amide bonds. The lowest BCUT2D eigenvalue weighted by Crippen LogP contribution is -2.58. The van der Waals surface area contributed by atoms with Crippen molar-refractivity contribution >= 4 is 15.9 Å². The van der Waals surface area contributed by atoms with Crippen molar-refractivity contribution in [1.82, 2.24) is 4.72 Å². The molecule has 0 heterocycles. The van der Waals surface area contributed by atoms with Crippen molar-refractivity contribution in [2.45, 2.75) is 38.1 Å². The number of methoxy groups -OCH3 is 1. The Morgan fingerprint density at radius 1 is 1.29 bits per heavy atom. The van der Waals surface area contributed by atoms with Crippen LogP contribution < -0.4 is 10.5 Å². The molecular formula is C14H22N2O4S. The third-order valence-electron chi connectivity index (χ3n) is 3.21. The zero-order valence-electron chi connectivity index (χ0n) is 13.0. The molecule has 0 saturated carbocycles. The van der Waals surface area contributed by atoms with Gasteiger partial charge in [0.1, 0.15) is 5.54 Å². The summed E-state index contributed by atoms with van der Waals surface area (Å²) in [5, 5.41) is 0. The second-order valence-corrected chi connectivity index (χ2v) is 7.08. The van der Waals surface area contributed by atoms with Crippen molar-refractivity contribution in [1.29, 1.82) is 0 Å². The molecule has 0 radical (unpaired) electrons. The highest BCUT2D eigenvalue weighted by Crippen LogP contribution is 2.23. The lowest BCUT2D eigenvalue weighted by molar-refractivity contribution is -0.124. The van der Waals surface area contributed by atoms with Gasteiger partial charge in [-0.15, -0.1) is 0 Å². The van der Waals surface area contributed by atoms with E-state index < -0.39 is 21.5 Å². The molecule has 0 unspecified atom stereocenters. The molecule has 1 atom stereocenters. The fourth-order valence-electron chi connectivity index (χ4n) is 2.38. The molecule has 0 fully saturated rings. The number of nitrogens with two attached hydrogens (primary N) is 1. The Morgan fingerprint density at radius 3 is 2.14 bits per heavy atom. The molecule has 0 aromatic heterocycles. The zero-order chi connectivity index (χ0) is 16.4. The maximum absolute atomic E-state index is 12.6. The Morgan fingerprint density at radius 2 is 1.76 bits per heavy atom. The first-order valence-corrected chi connectivity index (χ1v) is 7.92. The number of carbonyl (C=O) groups excluding carboxylic acids is 1. The van der Waals surface area contributed by atoms with Gasteiger partial charge in [0.25, 0.3) is 0 Å². The number of primary amides is 1. The van der Waals surface area contributed by atoms with E-state index >= 15 is 0 Å². The Labute approximate surface area is 125 Å². The number of ether oxygens (including phenoxy) is 1. The van der Waals surface area contributed by atoms with Crippen LogP contribution >= 0.6 is 0 Å². The molecule has 0 spiro atoms. The standard InChI is InChI=1S/C14H22N2O4S/c1-9-6-10(2)12(11(3)7-9)21(18,19)16-14(4,8-20-5)13(15)17/h6-7,16H,8H2,1-5H3,(H2,15,17)/t14-/m1/s1. The molecule has 1 aromatic carbocycles. The highest BCUT2D eigenvalue weighted by molar-refractivity contribution is 7.89. The molecule has 0 bridgehead atoms. The molecule has 1 aromatic rings. The Kier molecular flexibility index (Phi) is 5.14. The summed E-state index contributed by atoms with van der Waals surface area (Å²) in [4.78, 5) is 11.7. The zero-order valence-corrected chi connectivity index (χ0v) is 13.8. The maximum Gasteiger partial charge on any atom is 0.242 e. The van der Waals surface area contributed by atoms with Crippen LogP contribution in [-0.4, -0.2) is 33.6 Å². The third-order valence-corrected chi connectivity index (χ3v) is 5.11. The van der Waals surface area contributed by atoms with Crippen molar-refractivity contribution in [3.63, 3.8) is 0 Å². The van der Waals surface area contributed by atoms with Crippen LogP contribution in [0.25, 0.3) is 0 Å². The fraction of sp³-hybridized carbons (Fsp3) is 0.500. The van der Waals surface area contributed by atoms with E-state index in [1.54, 1.807) is 26.0 Å². The van der Waals surface area contributed by atoms with Gasteiger partial charge in [-0.05, 0) is 38.8 Å². The van der Waals surface area contributed by atoms with Crippen molar-refractivity contribution in [3.8, 4) is 0 Å². The van der Waals surface area contributed by atoms with E-state index in [1.165, 1.54) is 14.0 Å². The van der Waals surface area contributed by atoms with E-state index in [4.69, 9.17) is 10.5 Å². The summed E-state index contributed by atoms with van der Waals surface area (Å²) >= 11 is 0. The summed E-state index contributed by atoms with van der Waals surface area (Å²) < 4.78 is 32.5. The predicted molar refractivity (Wildman–Crippen MR) is 80.4 cm³/mol. The van der Waals surface area contributed by atoms with Crippen LogP contribution in [0.5, 0.6) is 0 Å². The van der Waals surface area contributed by atoms with Gasteiger partial charge in [0.05, 0.1) is 11.5 Å². The van der Waals surface area contributed by atoms with Gasteiger partial charge in [0, 0.05) is 7.11 Å². The molecular weight excluding hydrogens is 292 g/mol. The second kappa shape index (κ2) is 6.13. The smallest absolute Gasteiger partial charge is 0.242 e. The predicted octanol–water partition coefficient (Wildman–Crippen LogP) is 0.781. The van der Waals surface area contributed by atoms with Crippen molar-refractivity contribution in [2.24, 2.45) is 5.73 Å². The van der Waals surface area contributed by atoms with Crippen LogP contribution in [0.2, 0.25) is 0 Å². The lowest BCUT2D eigenvalue weighted by Gasteiger charge is -2.27. The monoisotopic (exact) mass is 314 g/mol. The molecule has 21 heavy (non-hydrogen) atoms. The van der Waals surface area contributed by atoms with E-state index in [1.807, 2.05) is 6.92 Å². The number of aryl methyl sites for hydroxylation is 3. The number of nitrogens with one attached hydrogen (secondary N) is 1. The largest absolute Gasteiger partial charge is 0.382 e. The van der Waals surface area contributed by atoms with Gasteiger partial charge in [-0.25, -0.2) is 8.42 Å². The van der Waals surface area contributed by atoms with E-state index in [2.05, 4.69) is 4.72 Å². The molecule has 0 aliphatic carbocycles. The number of hydrogen-bond acceptors (Lipinski definition) is 4. The van der Waals surface area contributed by atoms with Crippen molar-refractivity contribution < 1.29 is 17.9 Å². The SMILES string of the molecule is COC[C@@](C)(NS(=O)(=O)c1c(C)cc(C)cc1C)C(N)=O. The average Bonchev–Trinajstić information content (AvgIpc) is 2.25. The summed E-state index contributed by atoms with van der Waals surface area (Å²) in [7, 11) is -2.52. The van der Waals surface area contributed by atoms with Gasteiger partial charge in [-0.2, -0.15) is 4.72 Å². The molecule has 7 heteroatoms. The van der Waals surface area contributed by atoms with Gasteiger partial charge in [-0.3, -0.25) is 4.79 Å². The van der Waals surface area contributed by atoms with Crippen LogP contribution in [0.15, 0.2) is 17.0 Å². The van der Waals surface area contributed by atoms with Crippen LogP contribution in [-0.2, 0) is 19.6 Å². The third kappa shape index (κ3) is 3.81. The number of rotatable bonds is 6. The Bertz CT molecular complexity index is 632. The molecule has 0 saturated heterocycles. The van der Waals surface area contributed by atoms with Crippen molar-refractivity contribution in [2.75, 3.05) is 13.7 Å². The number of carbonyl (C=O) groups is 1. The Hall–Kier alpha value is -1.44. The first kappa shape index (κ1) is 17.6. The number of sulfonamides is 1. The summed E-state index contributed by atoms with van der Waals surface area (Å²) in [5.41, 5.74) is 5.99. The van der Waals surface area contributed by atoms with Gasteiger partial charge >= 0.3 is 0 Å². The van der Waals surface area contributed by atoms with E-state index in [0.717, 1.165) is 5.56 Å². The van der Waals surface area contributed by atoms with E-state index in [-0.39, 0.29) is 11.5 Å². The van der Waals surface area contributed by atoms with E-state index in [0.29, 0.717) is 11.1 Å². The summed E-state index contributed by atoms with van der Waals surface area (Å²) in [5.74, 6) is -0.796. The lowest BCUT2D eigenvalue weighted by atomic mass is 10.1. The van der Waals surface area contributed by atoms with Gasteiger partial charge in [-0.1, -0.05) is 17.7 Å². The summed E-state index contributed by atoms with van der Waals surface area (Å²) in [6.07, 6.45) is 0. The first-order valence-electron chi connectivity index (χ1n) is 6.44. The molecule has 1 rings (SSSR count). The highest BCUT2D eigenvalue weighted by Gasteiger charge is 2.37. The fourth-order valence-corrected chi connectivity index (χ4v) is 4.20. The van der Waals surface area contributed by atoms with Crippen LogP contribution in [0.1, 0.15) is 23.6 Å². The molecule has 6 nitrogen and oxygen atoms in total. The van der Waals surface area contributed by atoms with Crippen molar-refractivity contribution in [3.05, 3.63) is 28.8 Å². The van der Waals surface area contributed by atoms with Crippen LogP contribution in [0.4, 0.5) is 0 Å². The molecule has 3 N–H and O–H groups in total. The van der Waals surface area contributed by atoms with Gasteiger partial charge in [0.2, 0.25) is 15.9 Å².